The van der Waals surface area contributed by atoms with Gasteiger partial charge in [0.05, 0.1) is 12.5 Å². The molecule has 0 atom stereocenters. The number of alkyl halides is 3. The van der Waals surface area contributed by atoms with E-state index in [9.17, 15) is 13.2 Å². The number of nitriles is 1. The minimum atomic E-state index is -4.79. The highest BCUT2D eigenvalue weighted by Crippen LogP contribution is 2.26. The largest absolute Gasteiger partial charge is 0.574 e. The van der Waals surface area contributed by atoms with Gasteiger partial charge in [0.15, 0.2) is 0 Å². The zero-order valence-corrected chi connectivity index (χ0v) is 7.80. The van der Waals surface area contributed by atoms with Crippen molar-refractivity contribution in [1.82, 2.24) is 4.98 Å². The molecule has 1 aromatic rings. The number of aryl methyl sites for hydroxylation is 1. The van der Waals surface area contributed by atoms with E-state index < -0.39 is 12.2 Å². The molecule has 0 aliphatic heterocycles. The third kappa shape index (κ3) is 3.13. The van der Waals surface area contributed by atoms with Crippen LogP contribution in [-0.2, 0) is 6.42 Å². The van der Waals surface area contributed by atoms with Gasteiger partial charge in [0.25, 0.3) is 0 Å². The SMILES string of the molecule is Cc1ccnc(OC(F)(F)F)c1CC#N. The number of nitrogens with zero attached hydrogens (tertiary/aromatic N) is 2. The number of aromatic nitrogens is 1. The van der Waals surface area contributed by atoms with Crippen molar-refractivity contribution < 1.29 is 17.9 Å². The lowest BCUT2D eigenvalue weighted by molar-refractivity contribution is -0.276. The maximum atomic E-state index is 11.9. The summed E-state index contributed by atoms with van der Waals surface area (Å²) in [6.45, 7) is 1.59. The van der Waals surface area contributed by atoms with Crippen LogP contribution in [0.25, 0.3) is 0 Å². The molecular formula is C9H7F3N2O. The van der Waals surface area contributed by atoms with Crippen molar-refractivity contribution in [2.24, 2.45) is 0 Å². The van der Waals surface area contributed by atoms with Crippen molar-refractivity contribution in [3.05, 3.63) is 23.4 Å². The van der Waals surface area contributed by atoms with E-state index in [1.54, 1.807) is 13.0 Å². The first-order valence-corrected chi connectivity index (χ1v) is 4.01. The Kier molecular flexibility index (Phi) is 3.14. The predicted octanol–water partition coefficient (Wildman–Crippen LogP) is 2.35. The Hall–Kier alpha value is -1.77. The molecule has 0 amide bonds. The van der Waals surface area contributed by atoms with Crippen LogP contribution >= 0.6 is 0 Å². The summed E-state index contributed by atoms with van der Waals surface area (Å²) in [5.41, 5.74) is 0.711. The van der Waals surface area contributed by atoms with E-state index in [4.69, 9.17) is 5.26 Å². The Morgan fingerprint density at radius 1 is 1.53 bits per heavy atom. The zero-order chi connectivity index (χ0) is 11.5. The Morgan fingerprint density at radius 2 is 2.20 bits per heavy atom. The van der Waals surface area contributed by atoms with Crippen LogP contribution in [0.15, 0.2) is 12.3 Å². The standard InChI is InChI=1S/C9H7F3N2O/c1-6-3-5-14-8(7(6)2-4-13)15-9(10,11)12/h3,5H,2H2,1H3. The summed E-state index contributed by atoms with van der Waals surface area (Å²) in [7, 11) is 0. The first-order valence-electron chi connectivity index (χ1n) is 4.01. The fourth-order valence-electron chi connectivity index (χ4n) is 1.06. The first kappa shape index (κ1) is 11.3. The van der Waals surface area contributed by atoms with Crippen molar-refractivity contribution in [2.75, 3.05) is 0 Å². The summed E-state index contributed by atoms with van der Waals surface area (Å²) in [4.78, 5) is 3.45. The fraction of sp³-hybridized carbons (Fsp3) is 0.333. The normalized spacial score (nSPS) is 10.9. The third-order valence-electron chi connectivity index (χ3n) is 1.72. The Morgan fingerprint density at radius 3 is 2.73 bits per heavy atom. The summed E-state index contributed by atoms with van der Waals surface area (Å²) in [5.74, 6) is -0.552. The summed E-state index contributed by atoms with van der Waals surface area (Å²) in [6, 6.07) is 3.29. The van der Waals surface area contributed by atoms with E-state index in [1.165, 1.54) is 12.3 Å². The van der Waals surface area contributed by atoms with Gasteiger partial charge in [0.2, 0.25) is 5.88 Å². The van der Waals surface area contributed by atoms with E-state index in [1.807, 2.05) is 0 Å². The molecular weight excluding hydrogens is 209 g/mol. The molecule has 80 valence electrons. The Bertz CT molecular complexity index is 395. The number of ether oxygens (including phenoxy) is 1. The molecule has 0 radical (unpaired) electrons. The predicted molar refractivity (Wildman–Crippen MR) is 45.0 cm³/mol. The number of halogens is 3. The monoisotopic (exact) mass is 216 g/mol. The average molecular weight is 216 g/mol. The quantitative estimate of drug-likeness (QED) is 0.762. The van der Waals surface area contributed by atoms with Gasteiger partial charge in [-0.05, 0) is 18.6 Å². The molecule has 15 heavy (non-hydrogen) atoms. The lowest BCUT2D eigenvalue weighted by atomic mass is 10.1. The van der Waals surface area contributed by atoms with Gasteiger partial charge in [-0.1, -0.05) is 0 Å². The van der Waals surface area contributed by atoms with Gasteiger partial charge in [-0.15, -0.1) is 13.2 Å². The molecule has 0 saturated heterocycles. The first-order chi connectivity index (χ1) is 6.94. The number of hydrogen-bond donors (Lipinski definition) is 0. The van der Waals surface area contributed by atoms with Crippen molar-refractivity contribution in [1.29, 1.82) is 5.26 Å². The van der Waals surface area contributed by atoms with Crippen LogP contribution in [0.1, 0.15) is 11.1 Å². The topological polar surface area (TPSA) is 45.9 Å². The van der Waals surface area contributed by atoms with E-state index in [2.05, 4.69) is 9.72 Å². The number of rotatable bonds is 2. The molecule has 0 fully saturated rings. The van der Waals surface area contributed by atoms with Gasteiger partial charge in [-0.2, -0.15) is 5.26 Å². The van der Waals surface area contributed by atoms with E-state index in [-0.39, 0.29) is 12.0 Å². The molecule has 0 aliphatic carbocycles. The van der Waals surface area contributed by atoms with Crippen LogP contribution < -0.4 is 4.74 Å². The molecule has 3 nitrogen and oxygen atoms in total. The molecule has 0 spiro atoms. The third-order valence-corrected chi connectivity index (χ3v) is 1.72. The molecule has 1 heterocycles. The van der Waals surface area contributed by atoms with E-state index in [0.717, 1.165) is 0 Å². The summed E-state index contributed by atoms with van der Waals surface area (Å²) < 4.78 is 39.5. The molecule has 0 saturated carbocycles. The van der Waals surface area contributed by atoms with Crippen LogP contribution in [0.4, 0.5) is 13.2 Å². The van der Waals surface area contributed by atoms with Gasteiger partial charge in [-0.25, -0.2) is 4.98 Å². The number of hydrogen-bond acceptors (Lipinski definition) is 3. The molecule has 1 rings (SSSR count). The highest BCUT2D eigenvalue weighted by atomic mass is 19.4. The second-order valence-corrected chi connectivity index (χ2v) is 2.79. The summed E-state index contributed by atoms with van der Waals surface area (Å²) in [6.07, 6.45) is -3.74. The lowest BCUT2D eigenvalue weighted by Crippen LogP contribution is -2.19. The van der Waals surface area contributed by atoms with Crippen LogP contribution in [-0.4, -0.2) is 11.3 Å². The summed E-state index contributed by atoms with van der Waals surface area (Å²) in [5, 5.41) is 8.45. The van der Waals surface area contributed by atoms with Gasteiger partial charge in [-0.3, -0.25) is 0 Å². The van der Waals surface area contributed by atoms with Crippen molar-refractivity contribution in [3.63, 3.8) is 0 Å². The maximum Gasteiger partial charge on any atom is 0.574 e. The number of pyridine rings is 1. The van der Waals surface area contributed by atoms with Crippen molar-refractivity contribution in [3.8, 4) is 11.9 Å². The van der Waals surface area contributed by atoms with E-state index >= 15 is 0 Å². The molecule has 6 heteroatoms. The van der Waals surface area contributed by atoms with Gasteiger partial charge < -0.3 is 4.74 Å². The Labute approximate surface area is 84.1 Å². The minimum absolute atomic E-state index is 0.162. The molecule has 0 aromatic carbocycles. The van der Waals surface area contributed by atoms with Crippen LogP contribution in [0.5, 0.6) is 5.88 Å². The van der Waals surface area contributed by atoms with Gasteiger partial charge in [0, 0.05) is 11.8 Å². The van der Waals surface area contributed by atoms with Crippen LogP contribution in [0, 0.1) is 18.3 Å². The molecule has 0 N–H and O–H groups in total. The van der Waals surface area contributed by atoms with Crippen molar-refractivity contribution >= 4 is 0 Å². The molecule has 1 aromatic heterocycles. The van der Waals surface area contributed by atoms with E-state index in [0.29, 0.717) is 5.56 Å². The van der Waals surface area contributed by atoms with Crippen LogP contribution in [0.3, 0.4) is 0 Å². The average Bonchev–Trinajstić information content (AvgIpc) is 2.08. The minimum Gasteiger partial charge on any atom is -0.388 e. The lowest BCUT2D eigenvalue weighted by Gasteiger charge is -2.11. The second kappa shape index (κ2) is 4.17. The molecule has 0 bridgehead atoms. The highest BCUT2D eigenvalue weighted by Gasteiger charge is 2.33. The molecule has 0 unspecified atom stereocenters. The smallest absolute Gasteiger partial charge is 0.388 e. The maximum absolute atomic E-state index is 11.9. The van der Waals surface area contributed by atoms with Crippen molar-refractivity contribution in [2.45, 2.75) is 19.7 Å². The van der Waals surface area contributed by atoms with Crippen LogP contribution in [0.2, 0.25) is 0 Å². The zero-order valence-electron chi connectivity index (χ0n) is 7.80. The Balaban J connectivity index is 3.07. The van der Waals surface area contributed by atoms with Gasteiger partial charge in [0.1, 0.15) is 0 Å². The summed E-state index contributed by atoms with van der Waals surface area (Å²) >= 11 is 0. The molecule has 0 aliphatic rings. The highest BCUT2D eigenvalue weighted by molar-refractivity contribution is 5.35. The van der Waals surface area contributed by atoms with Gasteiger partial charge >= 0.3 is 6.36 Å². The second-order valence-electron chi connectivity index (χ2n) is 2.79. The fourth-order valence-corrected chi connectivity index (χ4v) is 1.06.